The molecule has 2 aromatic rings. The Kier molecular flexibility index (Phi) is 5.88. The van der Waals surface area contributed by atoms with E-state index in [2.05, 4.69) is 35.7 Å². The molecule has 1 aromatic carbocycles. The van der Waals surface area contributed by atoms with Crippen molar-refractivity contribution in [3.8, 4) is 11.5 Å². The normalized spacial score (nSPS) is 19.2. The van der Waals surface area contributed by atoms with Crippen molar-refractivity contribution in [2.24, 2.45) is 5.92 Å². The van der Waals surface area contributed by atoms with Crippen molar-refractivity contribution < 1.29 is 12.8 Å². The minimum Gasteiger partial charge on any atom is -0.419 e. The van der Waals surface area contributed by atoms with Crippen LogP contribution < -0.4 is 4.72 Å². The highest BCUT2D eigenvalue weighted by Crippen LogP contribution is 2.23. The zero-order chi connectivity index (χ0) is 17.9. The molecule has 0 aliphatic carbocycles. The lowest BCUT2D eigenvalue weighted by molar-refractivity contribution is 0.156. The molecule has 1 fully saturated rings. The van der Waals surface area contributed by atoms with Crippen LogP contribution >= 0.6 is 15.9 Å². The first-order valence-corrected chi connectivity index (χ1v) is 10.8. The summed E-state index contributed by atoms with van der Waals surface area (Å²) in [4.78, 5) is 2.23. The molecule has 0 spiro atoms. The first-order chi connectivity index (χ1) is 11.9. The highest BCUT2D eigenvalue weighted by Gasteiger charge is 2.22. The van der Waals surface area contributed by atoms with Gasteiger partial charge in [-0.1, -0.05) is 22.0 Å². The van der Waals surface area contributed by atoms with Crippen LogP contribution in [0.4, 0.5) is 0 Å². The molecule has 9 heteroatoms. The van der Waals surface area contributed by atoms with E-state index in [-0.39, 0.29) is 0 Å². The van der Waals surface area contributed by atoms with Crippen LogP contribution in [0.2, 0.25) is 0 Å². The number of halogens is 1. The van der Waals surface area contributed by atoms with E-state index in [0.29, 0.717) is 30.8 Å². The second kappa shape index (κ2) is 7.94. The summed E-state index contributed by atoms with van der Waals surface area (Å²) in [5.74, 6) is 1.38. The molecule has 136 valence electrons. The summed E-state index contributed by atoms with van der Waals surface area (Å²) in [5.41, 5.74) is 0.877. The van der Waals surface area contributed by atoms with Gasteiger partial charge in [-0.25, -0.2) is 13.1 Å². The van der Waals surface area contributed by atoms with Crippen LogP contribution in [0.15, 0.2) is 33.2 Å². The Bertz CT molecular complexity index is 824. The first-order valence-electron chi connectivity index (χ1n) is 8.14. The van der Waals surface area contributed by atoms with Crippen molar-refractivity contribution in [2.75, 3.05) is 25.9 Å². The topological polar surface area (TPSA) is 88.3 Å². The number of hydrogen-bond acceptors (Lipinski definition) is 6. The number of rotatable bonds is 6. The van der Waals surface area contributed by atoms with Gasteiger partial charge < -0.3 is 4.42 Å². The summed E-state index contributed by atoms with van der Waals surface area (Å²) in [5, 5.41) is 8.27. The predicted molar refractivity (Wildman–Crippen MR) is 98.3 cm³/mol. The van der Waals surface area contributed by atoms with Gasteiger partial charge in [-0.15, -0.1) is 10.2 Å². The molecule has 1 aromatic heterocycles. The fourth-order valence-electron chi connectivity index (χ4n) is 2.98. The van der Waals surface area contributed by atoms with E-state index in [1.165, 1.54) is 6.26 Å². The molecule has 1 aliphatic rings. The van der Waals surface area contributed by atoms with Gasteiger partial charge in [0.2, 0.25) is 21.8 Å². The lowest BCUT2D eigenvalue weighted by atomic mass is 9.98. The van der Waals surface area contributed by atoms with Gasteiger partial charge in [0, 0.05) is 23.1 Å². The second-order valence-electron chi connectivity index (χ2n) is 6.38. The highest BCUT2D eigenvalue weighted by molar-refractivity contribution is 9.10. The lowest BCUT2D eigenvalue weighted by Gasteiger charge is -2.31. The van der Waals surface area contributed by atoms with E-state index in [9.17, 15) is 8.42 Å². The lowest BCUT2D eigenvalue weighted by Crippen LogP contribution is -2.40. The van der Waals surface area contributed by atoms with Crippen molar-refractivity contribution in [1.29, 1.82) is 0 Å². The highest BCUT2D eigenvalue weighted by atomic mass is 79.9. The third-order valence-corrected chi connectivity index (χ3v) is 5.32. The fourth-order valence-corrected chi connectivity index (χ4v) is 3.92. The molecule has 1 atom stereocenters. The molecular weight excluding hydrogens is 408 g/mol. The number of benzene rings is 1. The van der Waals surface area contributed by atoms with Gasteiger partial charge >= 0.3 is 0 Å². The Morgan fingerprint density at radius 2 is 2.24 bits per heavy atom. The molecule has 7 nitrogen and oxygen atoms in total. The first kappa shape index (κ1) is 18.5. The molecule has 0 saturated carbocycles. The number of aromatic nitrogens is 2. The second-order valence-corrected chi connectivity index (χ2v) is 9.12. The molecule has 0 radical (unpaired) electrons. The molecule has 25 heavy (non-hydrogen) atoms. The maximum absolute atomic E-state index is 11.2. The van der Waals surface area contributed by atoms with E-state index in [1.807, 2.05) is 24.3 Å². The quantitative estimate of drug-likeness (QED) is 0.758. The Balaban J connectivity index is 1.59. The van der Waals surface area contributed by atoms with Crippen LogP contribution in [0.1, 0.15) is 18.7 Å². The molecule has 0 bridgehead atoms. The third-order valence-electron chi connectivity index (χ3n) is 4.13. The van der Waals surface area contributed by atoms with E-state index in [0.717, 1.165) is 36.0 Å². The van der Waals surface area contributed by atoms with Crippen LogP contribution in [-0.4, -0.2) is 49.4 Å². The fraction of sp³-hybridized carbons (Fsp3) is 0.500. The Hall–Kier alpha value is -1.29. The number of nitrogens with one attached hydrogen (secondary N) is 1. The molecule has 0 amide bonds. The maximum atomic E-state index is 11.2. The minimum atomic E-state index is -3.14. The Labute approximate surface area is 156 Å². The van der Waals surface area contributed by atoms with Crippen molar-refractivity contribution in [1.82, 2.24) is 19.8 Å². The van der Waals surface area contributed by atoms with Gasteiger partial charge in [-0.2, -0.15) is 0 Å². The van der Waals surface area contributed by atoms with Crippen LogP contribution in [-0.2, 0) is 16.6 Å². The Morgan fingerprint density at radius 1 is 1.40 bits per heavy atom. The van der Waals surface area contributed by atoms with Gasteiger partial charge in [-0.05, 0) is 43.5 Å². The zero-order valence-electron chi connectivity index (χ0n) is 14.0. The summed E-state index contributed by atoms with van der Waals surface area (Å²) in [6, 6.07) is 7.73. The van der Waals surface area contributed by atoms with Crippen molar-refractivity contribution in [3.63, 3.8) is 0 Å². The molecule has 1 aliphatic heterocycles. The number of hydrogen-bond donors (Lipinski definition) is 1. The van der Waals surface area contributed by atoms with Crippen LogP contribution in [0.3, 0.4) is 0 Å². The van der Waals surface area contributed by atoms with Gasteiger partial charge in [0.15, 0.2) is 0 Å². The van der Waals surface area contributed by atoms with E-state index in [4.69, 9.17) is 4.42 Å². The van der Waals surface area contributed by atoms with Crippen LogP contribution in [0.5, 0.6) is 0 Å². The standard InChI is InChI=1S/C16H21BrN4O3S/c1-25(22,23)18-9-12-4-3-7-21(10-12)11-15-19-20-16(24-15)13-5-2-6-14(17)8-13/h2,5-6,8,12,18H,3-4,7,9-11H2,1H3. The SMILES string of the molecule is CS(=O)(=O)NCC1CCCN(Cc2nnc(-c3cccc(Br)c3)o2)C1. The average molecular weight is 429 g/mol. The number of nitrogens with zero attached hydrogens (tertiary/aromatic N) is 3. The van der Waals surface area contributed by atoms with Gasteiger partial charge in [0.05, 0.1) is 12.8 Å². The molecular formula is C16H21BrN4O3S. The molecule has 3 rings (SSSR count). The third kappa shape index (κ3) is 5.60. The minimum absolute atomic E-state index is 0.302. The average Bonchev–Trinajstić information content (AvgIpc) is 3.01. The van der Waals surface area contributed by atoms with E-state index in [1.54, 1.807) is 0 Å². The number of piperidine rings is 1. The number of sulfonamides is 1. The molecule has 1 saturated heterocycles. The van der Waals surface area contributed by atoms with Crippen molar-refractivity contribution in [2.45, 2.75) is 19.4 Å². The van der Waals surface area contributed by atoms with Crippen molar-refractivity contribution in [3.05, 3.63) is 34.6 Å². The largest absolute Gasteiger partial charge is 0.419 e. The van der Waals surface area contributed by atoms with Gasteiger partial charge in [0.1, 0.15) is 0 Å². The zero-order valence-corrected chi connectivity index (χ0v) is 16.4. The number of likely N-dealkylation sites (tertiary alicyclic amines) is 1. The van der Waals surface area contributed by atoms with Gasteiger partial charge in [-0.3, -0.25) is 4.90 Å². The summed E-state index contributed by atoms with van der Waals surface area (Å²) >= 11 is 3.43. The van der Waals surface area contributed by atoms with Crippen LogP contribution in [0, 0.1) is 5.92 Å². The molecule has 1 N–H and O–H groups in total. The van der Waals surface area contributed by atoms with Gasteiger partial charge in [0.25, 0.3) is 0 Å². The van der Waals surface area contributed by atoms with Crippen LogP contribution in [0.25, 0.3) is 11.5 Å². The molecule has 1 unspecified atom stereocenters. The molecule has 2 heterocycles. The smallest absolute Gasteiger partial charge is 0.247 e. The Morgan fingerprint density at radius 3 is 3.00 bits per heavy atom. The van der Waals surface area contributed by atoms with Crippen molar-refractivity contribution >= 4 is 26.0 Å². The van der Waals surface area contributed by atoms with E-state index >= 15 is 0 Å². The monoisotopic (exact) mass is 428 g/mol. The maximum Gasteiger partial charge on any atom is 0.247 e. The summed E-state index contributed by atoms with van der Waals surface area (Å²) in [6.07, 6.45) is 3.24. The summed E-state index contributed by atoms with van der Waals surface area (Å²) in [6.45, 7) is 2.82. The summed E-state index contributed by atoms with van der Waals surface area (Å²) < 4.78 is 31.8. The predicted octanol–water partition coefficient (Wildman–Crippen LogP) is 2.26. The van der Waals surface area contributed by atoms with E-state index < -0.39 is 10.0 Å². The summed E-state index contributed by atoms with van der Waals surface area (Å²) in [7, 11) is -3.14.